The molecule has 0 aromatic carbocycles. The van der Waals surface area contributed by atoms with Crippen LogP contribution in [-0.4, -0.2) is 34.0 Å². The van der Waals surface area contributed by atoms with Crippen molar-refractivity contribution < 1.29 is 14.3 Å². The van der Waals surface area contributed by atoms with Crippen LogP contribution in [-0.2, 0) is 9.53 Å². The molecule has 1 heterocycles. The van der Waals surface area contributed by atoms with Crippen molar-refractivity contribution in [3.63, 3.8) is 0 Å². The van der Waals surface area contributed by atoms with E-state index in [1.54, 1.807) is 6.92 Å². The first kappa shape index (κ1) is 10.2. The van der Waals surface area contributed by atoms with Crippen molar-refractivity contribution in [1.29, 1.82) is 0 Å². The van der Waals surface area contributed by atoms with E-state index in [9.17, 15) is 9.59 Å². The van der Waals surface area contributed by atoms with Gasteiger partial charge in [-0.05, 0) is 6.92 Å². The Kier molecular flexibility index (Phi) is 2.80. The molecule has 0 bridgehead atoms. The molecule has 0 radical (unpaired) electrons. The van der Waals surface area contributed by atoms with E-state index in [1.807, 2.05) is 0 Å². The molecule has 14 heavy (non-hydrogen) atoms. The van der Waals surface area contributed by atoms with Crippen molar-refractivity contribution in [3.05, 3.63) is 11.9 Å². The predicted octanol–water partition coefficient (Wildman–Crippen LogP) is -0.889. The maximum Gasteiger partial charge on any atom is 0.360 e. The van der Waals surface area contributed by atoms with Gasteiger partial charge in [-0.15, -0.1) is 5.10 Å². The van der Waals surface area contributed by atoms with Gasteiger partial charge in [0.25, 0.3) is 0 Å². The fraction of sp³-hybridized carbons (Fsp3) is 0.429. The van der Waals surface area contributed by atoms with Crippen molar-refractivity contribution in [2.45, 2.75) is 13.0 Å². The Bertz CT molecular complexity index is 360. The van der Waals surface area contributed by atoms with Gasteiger partial charge in [0.05, 0.1) is 13.3 Å². The second-order valence-electron chi connectivity index (χ2n) is 2.65. The minimum Gasteiger partial charge on any atom is -0.464 e. The first-order chi connectivity index (χ1) is 6.56. The Morgan fingerprint density at radius 3 is 2.79 bits per heavy atom. The highest BCUT2D eigenvalue weighted by molar-refractivity contribution is 5.86. The van der Waals surface area contributed by atoms with E-state index in [2.05, 4.69) is 15.0 Å². The van der Waals surface area contributed by atoms with Crippen LogP contribution in [0.2, 0.25) is 0 Å². The summed E-state index contributed by atoms with van der Waals surface area (Å²) in [5.41, 5.74) is 5.08. The fourth-order valence-electron chi connectivity index (χ4n) is 0.794. The summed E-state index contributed by atoms with van der Waals surface area (Å²) in [6.07, 6.45) is 1.31. The number of hydrogen-bond acceptors (Lipinski definition) is 5. The third-order valence-electron chi connectivity index (χ3n) is 1.71. The van der Waals surface area contributed by atoms with E-state index >= 15 is 0 Å². The van der Waals surface area contributed by atoms with Crippen LogP contribution in [0.5, 0.6) is 0 Å². The van der Waals surface area contributed by atoms with E-state index in [-0.39, 0.29) is 5.69 Å². The summed E-state index contributed by atoms with van der Waals surface area (Å²) >= 11 is 0. The normalized spacial score (nSPS) is 12.1. The Morgan fingerprint density at radius 1 is 1.64 bits per heavy atom. The summed E-state index contributed by atoms with van der Waals surface area (Å²) in [5.74, 6) is -1.15. The molecule has 0 saturated heterocycles. The van der Waals surface area contributed by atoms with Gasteiger partial charge in [0.2, 0.25) is 5.91 Å². The number of aromatic nitrogens is 3. The van der Waals surface area contributed by atoms with Crippen molar-refractivity contribution in [3.8, 4) is 0 Å². The number of nitrogens with zero attached hydrogens (tertiary/aromatic N) is 3. The van der Waals surface area contributed by atoms with Gasteiger partial charge in [0.1, 0.15) is 6.04 Å². The molecule has 1 unspecified atom stereocenters. The molecule has 0 aliphatic rings. The van der Waals surface area contributed by atoms with Gasteiger partial charge in [-0.1, -0.05) is 5.21 Å². The van der Waals surface area contributed by atoms with Crippen molar-refractivity contribution in [2.75, 3.05) is 7.11 Å². The van der Waals surface area contributed by atoms with E-state index in [4.69, 9.17) is 5.73 Å². The summed E-state index contributed by atoms with van der Waals surface area (Å²) in [5, 5.41) is 7.09. The SMILES string of the molecule is COC(=O)c1cn(C(C)C(N)=O)nn1. The topological polar surface area (TPSA) is 100 Å². The van der Waals surface area contributed by atoms with E-state index in [0.717, 1.165) is 0 Å². The average Bonchev–Trinajstić information content (AvgIpc) is 2.64. The first-order valence-corrected chi connectivity index (χ1v) is 3.85. The number of carbonyl (C=O) groups is 2. The van der Waals surface area contributed by atoms with Crippen LogP contribution in [0.3, 0.4) is 0 Å². The quantitative estimate of drug-likeness (QED) is 0.635. The average molecular weight is 198 g/mol. The number of amides is 1. The van der Waals surface area contributed by atoms with Crippen molar-refractivity contribution >= 4 is 11.9 Å². The Balaban J connectivity index is 2.88. The van der Waals surface area contributed by atoms with Gasteiger partial charge < -0.3 is 10.5 Å². The summed E-state index contributed by atoms with van der Waals surface area (Å²) in [6.45, 7) is 1.55. The van der Waals surface area contributed by atoms with E-state index in [0.29, 0.717) is 0 Å². The Hall–Kier alpha value is -1.92. The van der Waals surface area contributed by atoms with Crippen LogP contribution < -0.4 is 5.73 Å². The first-order valence-electron chi connectivity index (χ1n) is 3.85. The molecule has 2 N–H and O–H groups in total. The van der Waals surface area contributed by atoms with Gasteiger partial charge in [0, 0.05) is 0 Å². The number of nitrogens with two attached hydrogens (primary N) is 1. The molecule has 1 aromatic rings. The number of rotatable bonds is 3. The summed E-state index contributed by atoms with van der Waals surface area (Å²) < 4.78 is 5.62. The molecule has 0 aliphatic heterocycles. The van der Waals surface area contributed by atoms with E-state index in [1.165, 1.54) is 18.0 Å². The van der Waals surface area contributed by atoms with Crippen LogP contribution in [0, 0.1) is 0 Å². The third kappa shape index (κ3) is 1.87. The summed E-state index contributed by atoms with van der Waals surface area (Å²) in [7, 11) is 1.23. The van der Waals surface area contributed by atoms with E-state index < -0.39 is 17.9 Å². The molecular weight excluding hydrogens is 188 g/mol. The summed E-state index contributed by atoms with van der Waals surface area (Å²) in [6, 6.07) is -0.638. The monoisotopic (exact) mass is 198 g/mol. The maximum absolute atomic E-state index is 11.0. The lowest BCUT2D eigenvalue weighted by atomic mass is 10.3. The Morgan fingerprint density at radius 2 is 2.29 bits per heavy atom. The van der Waals surface area contributed by atoms with Crippen LogP contribution in [0.1, 0.15) is 23.5 Å². The van der Waals surface area contributed by atoms with Gasteiger partial charge >= 0.3 is 5.97 Å². The largest absolute Gasteiger partial charge is 0.464 e. The Labute approximate surface area is 79.8 Å². The molecule has 0 fully saturated rings. The molecule has 7 nitrogen and oxygen atoms in total. The second-order valence-corrected chi connectivity index (χ2v) is 2.65. The zero-order chi connectivity index (χ0) is 10.7. The molecule has 1 amide bonds. The number of ether oxygens (including phenoxy) is 1. The zero-order valence-corrected chi connectivity index (χ0v) is 7.80. The van der Waals surface area contributed by atoms with Crippen LogP contribution in [0.15, 0.2) is 6.20 Å². The van der Waals surface area contributed by atoms with Crippen LogP contribution >= 0.6 is 0 Å². The highest BCUT2D eigenvalue weighted by atomic mass is 16.5. The molecular formula is C7H10N4O3. The lowest BCUT2D eigenvalue weighted by Crippen LogP contribution is -2.24. The second kappa shape index (κ2) is 3.86. The lowest BCUT2D eigenvalue weighted by molar-refractivity contribution is -0.120. The van der Waals surface area contributed by atoms with Crippen molar-refractivity contribution in [1.82, 2.24) is 15.0 Å². The number of methoxy groups -OCH3 is 1. The number of hydrogen-bond donors (Lipinski definition) is 1. The minimum atomic E-state index is -0.638. The standard InChI is InChI=1S/C7H10N4O3/c1-4(6(8)12)11-3-5(9-10-11)7(13)14-2/h3-4H,1-2H3,(H2,8,12). The molecule has 0 spiro atoms. The predicted molar refractivity (Wildman–Crippen MR) is 45.3 cm³/mol. The third-order valence-corrected chi connectivity index (χ3v) is 1.71. The van der Waals surface area contributed by atoms with Gasteiger partial charge in [-0.2, -0.15) is 0 Å². The highest BCUT2D eigenvalue weighted by Gasteiger charge is 2.16. The lowest BCUT2D eigenvalue weighted by Gasteiger charge is -2.04. The molecule has 7 heteroatoms. The molecule has 1 aromatic heterocycles. The highest BCUT2D eigenvalue weighted by Crippen LogP contribution is 2.03. The fourth-order valence-corrected chi connectivity index (χ4v) is 0.794. The molecule has 0 saturated carbocycles. The van der Waals surface area contributed by atoms with Crippen molar-refractivity contribution in [2.24, 2.45) is 5.73 Å². The van der Waals surface area contributed by atoms with Crippen LogP contribution in [0.4, 0.5) is 0 Å². The number of carbonyl (C=O) groups excluding carboxylic acids is 2. The minimum absolute atomic E-state index is 0.0422. The summed E-state index contributed by atoms with van der Waals surface area (Å²) in [4.78, 5) is 21.7. The zero-order valence-electron chi connectivity index (χ0n) is 7.80. The number of primary amides is 1. The van der Waals surface area contributed by atoms with Gasteiger partial charge in [0.15, 0.2) is 5.69 Å². The molecule has 1 rings (SSSR count). The van der Waals surface area contributed by atoms with Crippen LogP contribution in [0.25, 0.3) is 0 Å². The maximum atomic E-state index is 11.0. The molecule has 76 valence electrons. The molecule has 1 atom stereocenters. The van der Waals surface area contributed by atoms with Gasteiger partial charge in [-0.3, -0.25) is 4.79 Å². The van der Waals surface area contributed by atoms with Gasteiger partial charge in [-0.25, -0.2) is 9.48 Å². The smallest absolute Gasteiger partial charge is 0.360 e. The molecule has 0 aliphatic carbocycles. The number of esters is 1.